The quantitative estimate of drug-likeness (QED) is 0.930. The van der Waals surface area contributed by atoms with E-state index in [2.05, 4.69) is 21.2 Å². The van der Waals surface area contributed by atoms with Gasteiger partial charge in [0.2, 0.25) is 0 Å². The zero-order chi connectivity index (χ0) is 13.0. The summed E-state index contributed by atoms with van der Waals surface area (Å²) in [4.78, 5) is 11.9. The molecule has 1 atom stereocenters. The summed E-state index contributed by atoms with van der Waals surface area (Å²) in [5.41, 5.74) is 1.64. The summed E-state index contributed by atoms with van der Waals surface area (Å²) in [7, 11) is 0. The Balaban J connectivity index is 2.10. The van der Waals surface area contributed by atoms with Crippen LogP contribution in [0.1, 0.15) is 35.3 Å². The lowest BCUT2D eigenvalue weighted by molar-refractivity contribution is 0.0935. The van der Waals surface area contributed by atoms with E-state index >= 15 is 0 Å². The summed E-state index contributed by atoms with van der Waals surface area (Å²) >= 11 is 3.40. The monoisotopic (exact) mass is 307 g/mol. The van der Waals surface area contributed by atoms with Crippen LogP contribution in [0.5, 0.6) is 0 Å². The second-order valence-corrected chi connectivity index (χ2v) is 4.91. The Morgan fingerprint density at radius 3 is 2.61 bits per heavy atom. The first-order valence-electron chi connectivity index (χ1n) is 5.79. The van der Waals surface area contributed by atoms with Crippen molar-refractivity contribution in [3.8, 4) is 0 Å². The van der Waals surface area contributed by atoms with Crippen molar-refractivity contribution in [1.29, 1.82) is 0 Å². The van der Waals surface area contributed by atoms with Gasteiger partial charge in [0.1, 0.15) is 6.26 Å². The van der Waals surface area contributed by atoms with Gasteiger partial charge in [-0.05, 0) is 30.2 Å². The van der Waals surface area contributed by atoms with E-state index in [1.807, 2.05) is 31.2 Å². The zero-order valence-corrected chi connectivity index (χ0v) is 11.6. The van der Waals surface area contributed by atoms with Gasteiger partial charge >= 0.3 is 0 Å². The van der Waals surface area contributed by atoms with Crippen LogP contribution >= 0.6 is 15.9 Å². The lowest BCUT2D eigenvalue weighted by Gasteiger charge is -2.17. The molecule has 0 aliphatic heterocycles. The van der Waals surface area contributed by atoms with Crippen molar-refractivity contribution in [3.05, 3.63) is 58.5 Å². The van der Waals surface area contributed by atoms with E-state index < -0.39 is 0 Å². The van der Waals surface area contributed by atoms with Gasteiger partial charge in [0, 0.05) is 4.47 Å². The van der Waals surface area contributed by atoms with E-state index in [0.29, 0.717) is 5.56 Å². The van der Waals surface area contributed by atoms with E-state index in [1.54, 1.807) is 6.07 Å². The third kappa shape index (κ3) is 3.01. The van der Waals surface area contributed by atoms with Gasteiger partial charge in [-0.3, -0.25) is 4.79 Å². The van der Waals surface area contributed by atoms with Crippen LogP contribution in [-0.4, -0.2) is 5.91 Å². The Morgan fingerprint density at radius 1 is 1.33 bits per heavy atom. The molecule has 1 N–H and O–H groups in total. The number of nitrogens with one attached hydrogen (secondary N) is 1. The molecule has 0 radical (unpaired) electrons. The molecule has 3 nitrogen and oxygen atoms in total. The van der Waals surface area contributed by atoms with E-state index in [0.717, 1.165) is 16.5 Å². The standard InChI is InChI=1S/C14H14BrNO2/c1-2-13(10-3-5-12(15)6-4-10)16-14(17)11-7-8-18-9-11/h3-9,13H,2H2,1H3,(H,16,17)/t13-/m0/s1. The Kier molecular flexibility index (Phi) is 4.20. The number of halogens is 1. The third-order valence-electron chi connectivity index (χ3n) is 2.77. The summed E-state index contributed by atoms with van der Waals surface area (Å²) in [5.74, 6) is -0.112. The number of hydrogen-bond donors (Lipinski definition) is 1. The van der Waals surface area contributed by atoms with Gasteiger partial charge < -0.3 is 9.73 Å². The molecule has 1 amide bonds. The lowest BCUT2D eigenvalue weighted by atomic mass is 10.0. The molecule has 2 aromatic rings. The summed E-state index contributed by atoms with van der Waals surface area (Å²) < 4.78 is 5.94. The molecule has 94 valence electrons. The van der Waals surface area contributed by atoms with Crippen molar-refractivity contribution >= 4 is 21.8 Å². The Morgan fingerprint density at radius 2 is 2.06 bits per heavy atom. The molecule has 0 spiro atoms. The molecule has 0 unspecified atom stereocenters. The largest absolute Gasteiger partial charge is 0.472 e. The molecule has 0 fully saturated rings. The molecule has 4 heteroatoms. The summed E-state index contributed by atoms with van der Waals surface area (Å²) in [6.45, 7) is 2.04. The first kappa shape index (κ1) is 12.9. The lowest BCUT2D eigenvalue weighted by Crippen LogP contribution is -2.27. The van der Waals surface area contributed by atoms with Gasteiger partial charge in [-0.1, -0.05) is 35.0 Å². The van der Waals surface area contributed by atoms with Crippen molar-refractivity contribution < 1.29 is 9.21 Å². The minimum absolute atomic E-state index is 0.0144. The Hall–Kier alpha value is -1.55. The normalized spacial score (nSPS) is 12.1. The van der Waals surface area contributed by atoms with Crippen LogP contribution in [0.4, 0.5) is 0 Å². The maximum absolute atomic E-state index is 11.9. The molecule has 0 bridgehead atoms. The number of carbonyl (C=O) groups is 1. The van der Waals surface area contributed by atoms with Crippen LogP contribution in [-0.2, 0) is 0 Å². The fourth-order valence-electron chi connectivity index (χ4n) is 1.75. The van der Waals surface area contributed by atoms with Crippen molar-refractivity contribution in [3.63, 3.8) is 0 Å². The Labute approximate surface area is 114 Å². The van der Waals surface area contributed by atoms with Crippen LogP contribution < -0.4 is 5.32 Å². The fraction of sp³-hybridized carbons (Fsp3) is 0.214. The molecular weight excluding hydrogens is 294 g/mol. The first-order valence-corrected chi connectivity index (χ1v) is 6.58. The predicted octanol–water partition coefficient (Wildman–Crippen LogP) is 3.92. The van der Waals surface area contributed by atoms with Crippen molar-refractivity contribution in [2.75, 3.05) is 0 Å². The van der Waals surface area contributed by atoms with Crippen LogP contribution in [0.3, 0.4) is 0 Å². The second-order valence-electron chi connectivity index (χ2n) is 4.00. The number of amides is 1. The summed E-state index contributed by atoms with van der Waals surface area (Å²) in [6, 6.07) is 9.63. The number of benzene rings is 1. The maximum Gasteiger partial charge on any atom is 0.255 e. The fourth-order valence-corrected chi connectivity index (χ4v) is 2.02. The molecule has 1 heterocycles. The van der Waals surface area contributed by atoms with Crippen molar-refractivity contribution in [2.24, 2.45) is 0 Å². The molecule has 0 aliphatic rings. The summed E-state index contributed by atoms with van der Waals surface area (Å²) in [6.07, 6.45) is 3.78. The van der Waals surface area contributed by atoms with Crippen molar-refractivity contribution in [2.45, 2.75) is 19.4 Å². The molecule has 2 rings (SSSR count). The number of rotatable bonds is 4. The van der Waals surface area contributed by atoms with Crippen LogP contribution in [0.15, 0.2) is 51.7 Å². The third-order valence-corrected chi connectivity index (χ3v) is 3.30. The zero-order valence-electron chi connectivity index (χ0n) is 10.0. The summed E-state index contributed by atoms with van der Waals surface area (Å²) in [5, 5.41) is 2.99. The van der Waals surface area contributed by atoms with Gasteiger partial charge in [0.05, 0.1) is 17.9 Å². The number of hydrogen-bond acceptors (Lipinski definition) is 2. The SMILES string of the molecule is CC[C@H](NC(=O)c1ccoc1)c1ccc(Br)cc1. The van der Waals surface area contributed by atoms with Gasteiger partial charge in [-0.25, -0.2) is 0 Å². The maximum atomic E-state index is 11.9. The molecule has 0 saturated carbocycles. The van der Waals surface area contributed by atoms with Crippen LogP contribution in [0, 0.1) is 0 Å². The Bertz CT molecular complexity index is 505. The second kappa shape index (κ2) is 5.87. The number of furan rings is 1. The van der Waals surface area contributed by atoms with E-state index in [9.17, 15) is 4.79 Å². The highest BCUT2D eigenvalue weighted by atomic mass is 79.9. The minimum atomic E-state index is -0.112. The molecule has 1 aromatic carbocycles. The molecule has 0 aliphatic carbocycles. The highest BCUT2D eigenvalue weighted by Gasteiger charge is 2.14. The van der Waals surface area contributed by atoms with Crippen LogP contribution in [0.2, 0.25) is 0 Å². The van der Waals surface area contributed by atoms with Crippen molar-refractivity contribution in [1.82, 2.24) is 5.32 Å². The molecule has 18 heavy (non-hydrogen) atoms. The molecule has 1 aromatic heterocycles. The average molecular weight is 308 g/mol. The predicted molar refractivity (Wildman–Crippen MR) is 73.3 cm³/mol. The molecule has 0 saturated heterocycles. The number of carbonyl (C=O) groups excluding carboxylic acids is 1. The van der Waals surface area contributed by atoms with Gasteiger partial charge in [0.25, 0.3) is 5.91 Å². The highest BCUT2D eigenvalue weighted by molar-refractivity contribution is 9.10. The van der Waals surface area contributed by atoms with E-state index in [1.165, 1.54) is 12.5 Å². The highest BCUT2D eigenvalue weighted by Crippen LogP contribution is 2.20. The van der Waals surface area contributed by atoms with Gasteiger partial charge in [0.15, 0.2) is 0 Å². The minimum Gasteiger partial charge on any atom is -0.472 e. The van der Waals surface area contributed by atoms with Gasteiger partial charge in [-0.15, -0.1) is 0 Å². The van der Waals surface area contributed by atoms with E-state index in [-0.39, 0.29) is 11.9 Å². The first-order chi connectivity index (χ1) is 8.70. The molecular formula is C14H14BrNO2. The topological polar surface area (TPSA) is 42.2 Å². The van der Waals surface area contributed by atoms with E-state index in [4.69, 9.17) is 4.42 Å². The smallest absolute Gasteiger partial charge is 0.255 e. The average Bonchev–Trinajstić information content (AvgIpc) is 2.91. The van der Waals surface area contributed by atoms with Gasteiger partial charge in [-0.2, -0.15) is 0 Å². The van der Waals surface area contributed by atoms with Crippen LogP contribution in [0.25, 0.3) is 0 Å².